The predicted molar refractivity (Wildman–Crippen MR) is 144 cm³/mol. The van der Waals surface area contributed by atoms with Gasteiger partial charge in [-0.1, -0.05) is 30.3 Å². The fraction of sp³-hybridized carbons (Fsp3) is 0.429. The van der Waals surface area contributed by atoms with Gasteiger partial charge in [0.05, 0.1) is 33.8 Å². The minimum Gasteiger partial charge on any atom is -0.399 e. The fourth-order valence-electron chi connectivity index (χ4n) is 4.23. The number of pyridine rings is 2. The van der Waals surface area contributed by atoms with Crippen molar-refractivity contribution >= 4 is 25.2 Å². The molecule has 0 bridgehead atoms. The van der Waals surface area contributed by atoms with Crippen LogP contribution in [0, 0.1) is 0 Å². The summed E-state index contributed by atoms with van der Waals surface area (Å²) in [5.74, 6) is 0. The fourth-order valence-corrected chi connectivity index (χ4v) is 4.23. The molecule has 0 radical (unpaired) electrons. The van der Waals surface area contributed by atoms with Crippen LogP contribution < -0.4 is 10.9 Å². The third kappa shape index (κ3) is 4.41. The van der Waals surface area contributed by atoms with E-state index >= 15 is 0 Å². The maximum absolute atomic E-state index is 6.18. The highest BCUT2D eigenvalue weighted by molar-refractivity contribution is 6.62. The van der Waals surface area contributed by atoms with E-state index in [-0.39, 0.29) is 29.5 Å². The molecule has 0 spiro atoms. The topological polar surface area (TPSA) is 62.7 Å². The second-order valence-corrected chi connectivity index (χ2v) is 11.7. The summed E-state index contributed by atoms with van der Waals surface area (Å²) in [5, 5.41) is 0. The lowest BCUT2D eigenvalue weighted by molar-refractivity contribution is 0.00578. The third-order valence-electron chi connectivity index (χ3n) is 8.10. The van der Waals surface area contributed by atoms with Crippen molar-refractivity contribution in [2.75, 3.05) is 0 Å². The molecule has 36 heavy (non-hydrogen) atoms. The molecule has 2 fully saturated rings. The molecule has 3 aromatic rings. The molecule has 2 aliphatic rings. The smallest absolute Gasteiger partial charge is 0.399 e. The Morgan fingerprint density at radius 1 is 0.528 bits per heavy atom. The summed E-state index contributed by atoms with van der Waals surface area (Å²) in [6.07, 6.45) is 3.65. The molecule has 2 aliphatic heterocycles. The highest BCUT2D eigenvalue weighted by Crippen LogP contribution is 2.37. The summed E-state index contributed by atoms with van der Waals surface area (Å²) < 4.78 is 24.7. The number of aromatic nitrogens is 2. The standard InChI is InChI=1S/C28H34B2N2O4/c1-25(2)26(3,4)34-29(33-25)21-11-9-19(10-12-21)24-17-20(15-16-31-24)23-14-13-22(18-32-23)30-35-27(5,6)28(7,8)36-30/h9-18H,1-8H3. The number of benzene rings is 1. The van der Waals surface area contributed by atoms with Gasteiger partial charge in [-0.2, -0.15) is 0 Å². The molecule has 2 saturated heterocycles. The van der Waals surface area contributed by atoms with Gasteiger partial charge in [0.1, 0.15) is 0 Å². The van der Waals surface area contributed by atoms with E-state index in [1.807, 2.05) is 42.7 Å². The normalized spacial score (nSPS) is 21.7. The van der Waals surface area contributed by atoms with Crippen LogP contribution in [0.1, 0.15) is 55.4 Å². The van der Waals surface area contributed by atoms with Gasteiger partial charge in [0.15, 0.2) is 0 Å². The lowest BCUT2D eigenvalue weighted by Crippen LogP contribution is -2.41. The molecule has 0 atom stereocenters. The molecule has 0 N–H and O–H groups in total. The number of rotatable bonds is 4. The maximum atomic E-state index is 6.18. The average molecular weight is 484 g/mol. The third-order valence-corrected chi connectivity index (χ3v) is 8.10. The van der Waals surface area contributed by atoms with Gasteiger partial charge >= 0.3 is 14.2 Å². The van der Waals surface area contributed by atoms with E-state index in [4.69, 9.17) is 23.6 Å². The maximum Gasteiger partial charge on any atom is 0.496 e. The van der Waals surface area contributed by atoms with Gasteiger partial charge in [-0.25, -0.2) is 0 Å². The van der Waals surface area contributed by atoms with Crippen LogP contribution in [0.5, 0.6) is 0 Å². The van der Waals surface area contributed by atoms with Crippen molar-refractivity contribution in [3.63, 3.8) is 0 Å². The van der Waals surface area contributed by atoms with Crippen molar-refractivity contribution in [1.82, 2.24) is 9.97 Å². The zero-order valence-electron chi connectivity index (χ0n) is 22.5. The summed E-state index contributed by atoms with van der Waals surface area (Å²) in [6, 6.07) is 16.2. The largest absolute Gasteiger partial charge is 0.496 e. The van der Waals surface area contributed by atoms with Crippen LogP contribution in [0.15, 0.2) is 60.9 Å². The summed E-state index contributed by atoms with van der Waals surface area (Å²) in [7, 11) is -0.804. The van der Waals surface area contributed by atoms with Crippen LogP contribution in [0.2, 0.25) is 0 Å². The van der Waals surface area contributed by atoms with Crippen molar-refractivity contribution in [1.29, 1.82) is 0 Å². The molecular formula is C28H34B2N2O4. The van der Waals surface area contributed by atoms with Gasteiger partial charge < -0.3 is 18.6 Å². The van der Waals surface area contributed by atoms with Crippen molar-refractivity contribution in [2.24, 2.45) is 0 Å². The Hall–Kier alpha value is -2.51. The van der Waals surface area contributed by atoms with Gasteiger partial charge in [0.25, 0.3) is 0 Å². The van der Waals surface area contributed by atoms with Crippen LogP contribution in [0.3, 0.4) is 0 Å². The summed E-state index contributed by atoms with van der Waals surface area (Å²) >= 11 is 0. The van der Waals surface area contributed by atoms with Crippen LogP contribution in [-0.2, 0) is 18.6 Å². The molecule has 5 rings (SSSR count). The molecule has 4 heterocycles. The van der Waals surface area contributed by atoms with Gasteiger partial charge in [0, 0.05) is 29.0 Å². The van der Waals surface area contributed by atoms with Crippen LogP contribution in [0.25, 0.3) is 22.5 Å². The second-order valence-electron chi connectivity index (χ2n) is 11.7. The molecule has 2 aromatic heterocycles. The molecule has 0 aliphatic carbocycles. The van der Waals surface area contributed by atoms with E-state index in [0.717, 1.165) is 33.4 Å². The van der Waals surface area contributed by atoms with Crippen LogP contribution >= 0.6 is 0 Å². The highest BCUT2D eigenvalue weighted by atomic mass is 16.7. The number of hydrogen-bond donors (Lipinski definition) is 0. The molecule has 0 unspecified atom stereocenters. The van der Waals surface area contributed by atoms with Crippen molar-refractivity contribution in [3.05, 3.63) is 60.9 Å². The first kappa shape index (κ1) is 25.2. The quantitative estimate of drug-likeness (QED) is 0.512. The lowest BCUT2D eigenvalue weighted by Gasteiger charge is -2.32. The predicted octanol–water partition coefficient (Wildman–Crippen LogP) is 4.41. The van der Waals surface area contributed by atoms with Gasteiger partial charge in [-0.3, -0.25) is 9.97 Å². The van der Waals surface area contributed by atoms with E-state index in [0.29, 0.717) is 0 Å². The Morgan fingerprint density at radius 2 is 1.03 bits per heavy atom. The van der Waals surface area contributed by atoms with Crippen molar-refractivity contribution in [2.45, 2.75) is 77.8 Å². The number of hydrogen-bond acceptors (Lipinski definition) is 6. The molecule has 186 valence electrons. The van der Waals surface area contributed by atoms with E-state index in [9.17, 15) is 0 Å². The SMILES string of the molecule is CC1(C)OB(c2ccc(-c3cc(-c4ccc(B5OC(C)(C)C(C)(C)O5)cn4)ccn3)cc2)OC1(C)C. The monoisotopic (exact) mass is 484 g/mol. The Morgan fingerprint density at radius 3 is 1.53 bits per heavy atom. The van der Waals surface area contributed by atoms with Gasteiger partial charge in [0.2, 0.25) is 0 Å². The van der Waals surface area contributed by atoms with Crippen LogP contribution in [-0.4, -0.2) is 46.6 Å². The first-order valence-electron chi connectivity index (χ1n) is 12.5. The molecular weight excluding hydrogens is 450 g/mol. The van der Waals surface area contributed by atoms with Gasteiger partial charge in [-0.15, -0.1) is 0 Å². The molecule has 6 nitrogen and oxygen atoms in total. The number of nitrogens with zero attached hydrogens (tertiary/aromatic N) is 2. The minimum atomic E-state index is -0.424. The van der Waals surface area contributed by atoms with E-state index in [1.165, 1.54) is 0 Å². The first-order chi connectivity index (χ1) is 16.8. The van der Waals surface area contributed by atoms with Gasteiger partial charge in [-0.05, 0) is 79.1 Å². The Balaban J connectivity index is 1.33. The second kappa shape index (κ2) is 8.52. The molecule has 0 amide bonds. The van der Waals surface area contributed by atoms with Crippen LogP contribution in [0.4, 0.5) is 0 Å². The zero-order valence-corrected chi connectivity index (χ0v) is 22.5. The summed E-state index contributed by atoms with van der Waals surface area (Å²) in [6.45, 7) is 16.5. The van der Waals surface area contributed by atoms with E-state index in [1.54, 1.807) is 0 Å². The van der Waals surface area contributed by atoms with E-state index < -0.39 is 7.12 Å². The first-order valence-corrected chi connectivity index (χ1v) is 12.5. The Labute approximate surface area is 215 Å². The Kier molecular flexibility index (Phi) is 5.95. The minimum absolute atomic E-state index is 0.364. The zero-order chi connectivity index (χ0) is 25.9. The summed E-state index contributed by atoms with van der Waals surface area (Å²) in [4.78, 5) is 9.29. The highest BCUT2D eigenvalue weighted by Gasteiger charge is 2.52. The average Bonchev–Trinajstić information content (AvgIpc) is 3.19. The lowest BCUT2D eigenvalue weighted by atomic mass is 9.78. The Bertz CT molecular complexity index is 1130. The molecule has 0 saturated carbocycles. The van der Waals surface area contributed by atoms with Crippen molar-refractivity contribution in [3.8, 4) is 22.5 Å². The van der Waals surface area contributed by atoms with Crippen molar-refractivity contribution < 1.29 is 18.6 Å². The molecule has 8 heteroatoms. The molecule has 1 aromatic carbocycles. The summed E-state index contributed by atoms with van der Waals surface area (Å²) in [5.41, 5.74) is 4.18. The van der Waals surface area contributed by atoms with E-state index in [2.05, 4.69) is 78.6 Å².